The Morgan fingerprint density at radius 2 is 1.50 bits per heavy atom. The maximum atomic E-state index is 13.5. The van der Waals surface area contributed by atoms with E-state index in [2.05, 4.69) is 45.6 Å². The molecule has 0 spiro atoms. The fourth-order valence-electron chi connectivity index (χ4n) is 7.83. The minimum Gasteiger partial charge on any atom is -0.465 e. The van der Waals surface area contributed by atoms with E-state index in [9.17, 15) is 24.3 Å². The van der Waals surface area contributed by atoms with Crippen LogP contribution in [-0.4, -0.2) is 131 Å². The molecule has 0 saturated carbocycles. The van der Waals surface area contributed by atoms with Gasteiger partial charge in [0.1, 0.15) is 23.7 Å². The van der Waals surface area contributed by atoms with Crippen LogP contribution in [-0.2, 0) is 23.8 Å². The molecule has 2 aromatic heterocycles. The number of rotatable bonds is 13. The highest BCUT2D eigenvalue weighted by Crippen LogP contribution is 2.38. The third-order valence-electron chi connectivity index (χ3n) is 10.8. The van der Waals surface area contributed by atoms with Crippen molar-refractivity contribution in [3.8, 4) is 11.3 Å². The summed E-state index contributed by atoms with van der Waals surface area (Å²) < 4.78 is 15.1. The number of aromatic amines is 2. The van der Waals surface area contributed by atoms with Gasteiger partial charge in [0, 0.05) is 52.3 Å². The van der Waals surface area contributed by atoms with Crippen LogP contribution in [0.5, 0.6) is 0 Å². The molecular weight excluding hydrogens is 696 g/mol. The highest BCUT2D eigenvalue weighted by molar-refractivity contribution is 5.87. The van der Waals surface area contributed by atoms with Gasteiger partial charge in [-0.2, -0.15) is 0 Å². The molecule has 1 aliphatic carbocycles. The van der Waals surface area contributed by atoms with E-state index in [1.165, 1.54) is 39.5 Å². The molecule has 1 unspecified atom stereocenters. The highest BCUT2D eigenvalue weighted by Gasteiger charge is 2.39. The lowest BCUT2D eigenvalue weighted by Crippen LogP contribution is -2.51. The summed E-state index contributed by atoms with van der Waals surface area (Å²) in [5.41, 5.74) is 5.06. The second kappa shape index (κ2) is 17.3. The number of aromatic nitrogens is 4. The number of allylic oxidation sites excluding steroid dienone is 2. The van der Waals surface area contributed by atoms with Crippen molar-refractivity contribution in [2.45, 2.75) is 75.0 Å². The van der Waals surface area contributed by atoms with Gasteiger partial charge in [0.15, 0.2) is 0 Å². The molecule has 4 heterocycles. The van der Waals surface area contributed by atoms with Gasteiger partial charge in [-0.05, 0) is 62.0 Å². The molecule has 2 fully saturated rings. The predicted octanol–water partition coefficient (Wildman–Crippen LogP) is 4.47. The molecule has 290 valence electrons. The summed E-state index contributed by atoms with van der Waals surface area (Å²) in [5.74, 6) is 1.25. The normalized spacial score (nSPS) is 21.0. The quantitative estimate of drug-likeness (QED) is 0.194. The smallest absolute Gasteiger partial charge is 0.407 e. The van der Waals surface area contributed by atoms with Crippen LogP contribution in [0.4, 0.5) is 9.59 Å². The largest absolute Gasteiger partial charge is 0.465 e. The van der Waals surface area contributed by atoms with Crippen LogP contribution in [0.1, 0.15) is 85.9 Å². The van der Waals surface area contributed by atoms with E-state index in [4.69, 9.17) is 24.2 Å². The third-order valence-corrected chi connectivity index (χ3v) is 10.8. The number of nitrogens with zero attached hydrogens (tertiary/aromatic N) is 5. The molecule has 54 heavy (non-hydrogen) atoms. The van der Waals surface area contributed by atoms with Gasteiger partial charge in [-0.25, -0.2) is 19.6 Å². The topological polar surface area (TPSA) is 195 Å². The van der Waals surface area contributed by atoms with Crippen molar-refractivity contribution in [3.63, 3.8) is 0 Å². The van der Waals surface area contributed by atoms with Gasteiger partial charge < -0.3 is 44.4 Å². The van der Waals surface area contributed by atoms with Crippen LogP contribution in [0.3, 0.4) is 0 Å². The van der Waals surface area contributed by atoms with Gasteiger partial charge in [0.2, 0.25) is 11.8 Å². The van der Waals surface area contributed by atoms with Gasteiger partial charge in [0.05, 0.1) is 43.8 Å². The summed E-state index contributed by atoms with van der Waals surface area (Å²) >= 11 is 0. The van der Waals surface area contributed by atoms with E-state index in [1.54, 1.807) is 9.80 Å². The second-order valence-corrected chi connectivity index (χ2v) is 14.1. The Hall–Kier alpha value is -5.22. The Morgan fingerprint density at radius 3 is 2.07 bits per heavy atom. The number of hydrogen-bond donors (Lipinski definition) is 4. The predicted molar refractivity (Wildman–Crippen MR) is 197 cm³/mol. The van der Waals surface area contributed by atoms with E-state index < -0.39 is 24.3 Å². The molecule has 0 radical (unpaired) electrons. The summed E-state index contributed by atoms with van der Waals surface area (Å²) in [4.78, 5) is 71.2. The summed E-state index contributed by atoms with van der Waals surface area (Å²) in [5, 5.41) is 12.1. The lowest BCUT2D eigenvalue weighted by atomic mass is 9.83. The van der Waals surface area contributed by atoms with E-state index >= 15 is 0 Å². The number of benzene rings is 1. The Bertz CT molecular complexity index is 1820. The monoisotopic (exact) mass is 746 g/mol. The minimum atomic E-state index is -1.19. The fourth-order valence-corrected chi connectivity index (χ4v) is 7.83. The van der Waals surface area contributed by atoms with Crippen molar-refractivity contribution in [2.24, 2.45) is 0 Å². The second-order valence-electron chi connectivity index (χ2n) is 14.1. The molecule has 1 aromatic carbocycles. The highest BCUT2D eigenvalue weighted by atomic mass is 16.5. The zero-order chi connectivity index (χ0) is 38.4. The SMILES string of the molecule is COC[C@H](NC(=O)OC)C(=O)N1CCC[C@H]1c1nc(C2=CCC(c3ccc(-c4c[nH]c([C@@H]5CCCN5C(=O)[C@H](COC)N(C)C(=O)O)n4)cc3)CC2)c[nH]1. The summed E-state index contributed by atoms with van der Waals surface area (Å²) in [6.45, 7) is 1.10. The number of carbonyl (C=O) groups excluding carboxylic acids is 3. The van der Waals surface area contributed by atoms with Crippen molar-refractivity contribution >= 4 is 29.6 Å². The number of carboxylic acid groups (broad SMARTS) is 1. The number of H-pyrrole nitrogens is 2. The Labute approximate surface area is 314 Å². The zero-order valence-corrected chi connectivity index (χ0v) is 31.2. The molecule has 16 heteroatoms. The van der Waals surface area contributed by atoms with Gasteiger partial charge in [-0.1, -0.05) is 30.3 Å². The van der Waals surface area contributed by atoms with Crippen LogP contribution in [0.25, 0.3) is 16.8 Å². The van der Waals surface area contributed by atoms with Crippen molar-refractivity contribution in [1.29, 1.82) is 0 Å². The number of likely N-dealkylation sites (N-methyl/N-ethyl adjacent to an activating group) is 1. The Kier molecular flexibility index (Phi) is 12.3. The maximum absolute atomic E-state index is 13.5. The zero-order valence-electron chi connectivity index (χ0n) is 31.2. The van der Waals surface area contributed by atoms with Gasteiger partial charge in [-0.3, -0.25) is 14.5 Å². The van der Waals surface area contributed by atoms with Crippen LogP contribution in [0.2, 0.25) is 0 Å². The average Bonchev–Trinajstić information content (AvgIpc) is 4.03. The van der Waals surface area contributed by atoms with Crippen molar-refractivity contribution in [2.75, 3.05) is 54.7 Å². The number of amides is 4. The number of alkyl carbamates (subject to hydrolysis) is 1. The van der Waals surface area contributed by atoms with Crippen molar-refractivity contribution < 1.29 is 38.5 Å². The number of nitrogens with one attached hydrogen (secondary N) is 3. The van der Waals surface area contributed by atoms with Crippen LogP contribution >= 0.6 is 0 Å². The molecule has 3 aliphatic rings. The average molecular weight is 747 g/mol. The molecule has 5 atom stereocenters. The molecule has 16 nitrogen and oxygen atoms in total. The summed E-state index contributed by atoms with van der Waals surface area (Å²) in [7, 11) is 5.58. The molecule has 3 aromatic rings. The standard InChI is InChI=1S/C38H50N8O8/c1-44(38(50)51)32(22-53-3)36(48)46-18-6-8-31(46)34-40-20-28(42-34)26-15-11-24(12-16-26)23-9-13-25(14-10-23)27-19-39-33(41-27)30-7-5-17-45(30)35(47)29(21-52-2)43-37(49)54-4/h11-13,15-16,19-20,23,29-32H,5-10,14,17-18,21-22H2,1-4H3,(H,39,41)(H,40,42)(H,43,49)(H,50,51)/t23?,29-,30-,31-,32-/m0/s1. The van der Waals surface area contributed by atoms with Crippen molar-refractivity contribution in [3.05, 3.63) is 65.6 Å². The fraction of sp³-hybridized carbons (Fsp3) is 0.526. The van der Waals surface area contributed by atoms with Gasteiger partial charge >= 0.3 is 12.2 Å². The molecule has 4 N–H and O–H groups in total. The van der Waals surface area contributed by atoms with E-state index in [0.717, 1.165) is 72.6 Å². The maximum Gasteiger partial charge on any atom is 0.407 e. The Balaban J connectivity index is 1.07. The number of methoxy groups -OCH3 is 3. The van der Waals surface area contributed by atoms with Gasteiger partial charge in [-0.15, -0.1) is 0 Å². The number of ether oxygens (including phenoxy) is 3. The van der Waals surface area contributed by atoms with E-state index in [0.29, 0.717) is 24.8 Å². The number of hydrogen-bond acceptors (Lipinski definition) is 9. The van der Waals surface area contributed by atoms with E-state index in [1.807, 2.05) is 12.4 Å². The van der Waals surface area contributed by atoms with E-state index in [-0.39, 0.29) is 37.1 Å². The first-order valence-electron chi connectivity index (χ1n) is 18.4. The van der Waals surface area contributed by atoms with Crippen LogP contribution in [0.15, 0.2) is 42.7 Å². The third kappa shape index (κ3) is 8.29. The molecule has 0 bridgehead atoms. The summed E-state index contributed by atoms with van der Waals surface area (Å²) in [6, 6.07) is 6.19. The Morgan fingerprint density at radius 1 is 0.889 bits per heavy atom. The van der Waals surface area contributed by atoms with Gasteiger partial charge in [0.25, 0.3) is 0 Å². The number of likely N-dealkylation sites (tertiary alicyclic amines) is 2. The molecule has 6 rings (SSSR count). The lowest BCUT2D eigenvalue weighted by Gasteiger charge is -2.31. The lowest BCUT2D eigenvalue weighted by molar-refractivity contribution is -0.139. The number of imidazole rings is 2. The first-order valence-corrected chi connectivity index (χ1v) is 18.4. The van der Waals surface area contributed by atoms with Crippen molar-refractivity contribution in [1.82, 2.24) is 40.0 Å². The number of carbonyl (C=O) groups is 4. The first kappa shape index (κ1) is 38.5. The molecule has 2 aliphatic heterocycles. The minimum absolute atomic E-state index is 0.0262. The molecule has 2 saturated heterocycles. The molecular formula is C38H50N8O8. The van der Waals surface area contributed by atoms with Crippen LogP contribution in [0, 0.1) is 0 Å². The molecule has 4 amide bonds. The van der Waals surface area contributed by atoms with Crippen LogP contribution < -0.4 is 5.32 Å². The summed E-state index contributed by atoms with van der Waals surface area (Å²) in [6.07, 6.45) is 10.0. The first-order chi connectivity index (χ1) is 26.1.